The smallest absolute Gasteiger partial charge is 0.0269 e. The summed E-state index contributed by atoms with van der Waals surface area (Å²) in [5, 5.41) is 0. The van der Waals surface area contributed by atoms with Crippen molar-refractivity contribution in [2.45, 2.75) is 162 Å². The van der Waals surface area contributed by atoms with Gasteiger partial charge in [-0.25, -0.2) is 0 Å². The zero-order chi connectivity index (χ0) is 21.6. The van der Waals surface area contributed by atoms with Crippen molar-refractivity contribution < 1.29 is 0 Å². The summed E-state index contributed by atoms with van der Waals surface area (Å²) in [5.74, 6) is 4.40. The van der Waals surface area contributed by atoms with Gasteiger partial charge in [0.2, 0.25) is 0 Å². The Morgan fingerprint density at radius 1 is 0.548 bits per heavy atom. The summed E-state index contributed by atoms with van der Waals surface area (Å²) in [6.07, 6.45) is 35.6. The van der Waals surface area contributed by atoms with E-state index in [2.05, 4.69) is 13.8 Å². The van der Waals surface area contributed by atoms with E-state index in [1.54, 1.807) is 96.3 Å². The van der Waals surface area contributed by atoms with Crippen LogP contribution in [0.15, 0.2) is 0 Å². The van der Waals surface area contributed by atoms with Crippen LogP contribution in [-0.4, -0.2) is 0 Å². The topological polar surface area (TPSA) is 0 Å². The molecule has 180 valence electrons. The van der Waals surface area contributed by atoms with Crippen molar-refractivity contribution >= 4 is 0 Å². The highest BCUT2D eigenvalue weighted by atomic mass is 14.6. The van der Waals surface area contributed by atoms with Gasteiger partial charge in [-0.15, -0.1) is 0 Å². The Hall–Kier alpha value is 0. The van der Waals surface area contributed by atoms with E-state index in [-0.39, 0.29) is 0 Å². The molecule has 5 aliphatic carbocycles. The zero-order valence-electron chi connectivity index (χ0n) is 21.6. The third-order valence-electron chi connectivity index (χ3n) is 11.4. The normalized spacial score (nSPS) is 40.8. The van der Waals surface area contributed by atoms with Crippen molar-refractivity contribution in [1.29, 1.82) is 0 Å². The van der Waals surface area contributed by atoms with E-state index in [9.17, 15) is 0 Å². The molecule has 0 radical (unpaired) electrons. The minimum Gasteiger partial charge on any atom is -0.0654 e. The molecule has 0 aromatic heterocycles. The highest BCUT2D eigenvalue weighted by Gasteiger charge is 2.51. The Morgan fingerprint density at radius 3 is 1.68 bits per heavy atom. The van der Waals surface area contributed by atoms with Crippen LogP contribution >= 0.6 is 0 Å². The quantitative estimate of drug-likeness (QED) is 0.287. The lowest BCUT2D eigenvalue weighted by molar-refractivity contribution is -0.0680. The van der Waals surface area contributed by atoms with E-state index in [1.807, 2.05) is 0 Å². The summed E-state index contributed by atoms with van der Waals surface area (Å²) in [5.41, 5.74) is 1.59. The minimum atomic E-state index is 0.794. The molecular formula is C31H56. The van der Waals surface area contributed by atoms with Crippen LogP contribution in [0.2, 0.25) is 0 Å². The molecule has 5 saturated carbocycles. The van der Waals surface area contributed by atoms with E-state index in [0.717, 1.165) is 34.5 Å². The molecule has 2 bridgehead atoms. The van der Waals surface area contributed by atoms with Crippen LogP contribution in [0.5, 0.6) is 0 Å². The van der Waals surface area contributed by atoms with Crippen LogP contribution in [-0.2, 0) is 0 Å². The van der Waals surface area contributed by atoms with Crippen LogP contribution in [0, 0.1) is 34.5 Å². The van der Waals surface area contributed by atoms with Crippen LogP contribution in [0.4, 0.5) is 0 Å². The maximum Gasteiger partial charge on any atom is -0.0269 e. The van der Waals surface area contributed by atoms with E-state index in [1.165, 1.54) is 51.4 Å². The highest BCUT2D eigenvalue weighted by molar-refractivity contribution is 5.03. The molecule has 0 saturated heterocycles. The van der Waals surface area contributed by atoms with Crippen molar-refractivity contribution in [2.75, 3.05) is 0 Å². The zero-order valence-corrected chi connectivity index (χ0v) is 21.6. The summed E-state index contributed by atoms with van der Waals surface area (Å²) in [6.45, 7) is 4.70. The molecule has 0 aromatic rings. The Labute approximate surface area is 196 Å². The van der Waals surface area contributed by atoms with Crippen molar-refractivity contribution in [2.24, 2.45) is 34.5 Å². The van der Waals surface area contributed by atoms with Crippen molar-refractivity contribution in [3.8, 4) is 0 Å². The van der Waals surface area contributed by atoms with Gasteiger partial charge in [-0.05, 0) is 118 Å². The summed E-state index contributed by atoms with van der Waals surface area (Å²) >= 11 is 0. The number of hydrogen-bond donors (Lipinski definition) is 0. The lowest BCUT2D eigenvalue weighted by Crippen LogP contribution is -2.46. The molecule has 0 amide bonds. The molecule has 0 heteroatoms. The summed E-state index contributed by atoms with van der Waals surface area (Å²) in [4.78, 5) is 0. The average molecular weight is 429 g/mol. The molecule has 0 heterocycles. The van der Waals surface area contributed by atoms with Crippen molar-refractivity contribution in [1.82, 2.24) is 0 Å². The Bertz CT molecular complexity index is 478. The standard InChI is InChI=1S/C31H56/c1-3-5-7-9-19-30-20-23-31(24-21-30,25-22-30)29-17-15-28(16-18-29)27-13-11-26(12-14-27)10-8-6-4-2/h26-29H,3-25H2,1-2H3/t26-,27-,28?,29?,30?,31?. The van der Waals surface area contributed by atoms with Gasteiger partial charge in [0.1, 0.15) is 0 Å². The molecule has 0 atom stereocenters. The molecule has 0 unspecified atom stereocenters. The maximum absolute atomic E-state index is 2.35. The molecular weight excluding hydrogens is 372 g/mol. The average Bonchev–Trinajstić information content (AvgIpc) is 2.84. The van der Waals surface area contributed by atoms with Gasteiger partial charge >= 0.3 is 0 Å². The first-order valence-electron chi connectivity index (χ1n) is 15.2. The third kappa shape index (κ3) is 5.93. The van der Waals surface area contributed by atoms with Gasteiger partial charge < -0.3 is 0 Å². The molecule has 5 aliphatic rings. The van der Waals surface area contributed by atoms with E-state index >= 15 is 0 Å². The Morgan fingerprint density at radius 2 is 1.10 bits per heavy atom. The summed E-state index contributed by atoms with van der Waals surface area (Å²) in [7, 11) is 0. The van der Waals surface area contributed by atoms with Crippen molar-refractivity contribution in [3.63, 3.8) is 0 Å². The SMILES string of the molecule is CCCCCCC12CCC(C3CCC([C@H]4CC[C@H](CCCCC)CC4)CC3)(CC1)CC2. The number of fused-ring (bicyclic) bond motifs is 3. The number of unbranched alkanes of at least 4 members (excludes halogenated alkanes) is 5. The van der Waals surface area contributed by atoms with Gasteiger partial charge in [0, 0.05) is 0 Å². The second kappa shape index (κ2) is 11.4. The highest BCUT2D eigenvalue weighted by Crippen LogP contribution is 2.63. The molecule has 0 spiro atoms. The van der Waals surface area contributed by atoms with Gasteiger partial charge in [-0.2, -0.15) is 0 Å². The summed E-state index contributed by atoms with van der Waals surface area (Å²) < 4.78 is 0. The first-order chi connectivity index (χ1) is 15.2. The third-order valence-corrected chi connectivity index (χ3v) is 11.4. The predicted molar refractivity (Wildman–Crippen MR) is 136 cm³/mol. The first-order valence-corrected chi connectivity index (χ1v) is 15.2. The fourth-order valence-corrected chi connectivity index (χ4v) is 9.04. The van der Waals surface area contributed by atoms with E-state index in [0.29, 0.717) is 0 Å². The number of rotatable bonds is 11. The molecule has 0 aliphatic heterocycles. The van der Waals surface area contributed by atoms with Crippen molar-refractivity contribution in [3.05, 3.63) is 0 Å². The lowest BCUT2D eigenvalue weighted by atomic mass is 9.47. The van der Waals surface area contributed by atoms with Gasteiger partial charge in [-0.1, -0.05) is 78.1 Å². The molecule has 0 nitrogen and oxygen atoms in total. The van der Waals surface area contributed by atoms with Crippen LogP contribution < -0.4 is 0 Å². The van der Waals surface area contributed by atoms with Gasteiger partial charge in [0.05, 0.1) is 0 Å². The van der Waals surface area contributed by atoms with Gasteiger partial charge in [0.25, 0.3) is 0 Å². The Kier molecular flexibility index (Phi) is 8.89. The van der Waals surface area contributed by atoms with Crippen LogP contribution in [0.1, 0.15) is 162 Å². The largest absolute Gasteiger partial charge is 0.0654 e. The molecule has 31 heavy (non-hydrogen) atoms. The van der Waals surface area contributed by atoms with E-state index in [4.69, 9.17) is 0 Å². The number of hydrogen-bond acceptors (Lipinski definition) is 0. The predicted octanol–water partition coefficient (Wildman–Crippen LogP) is 10.5. The molecule has 5 fully saturated rings. The fourth-order valence-electron chi connectivity index (χ4n) is 9.04. The van der Waals surface area contributed by atoms with Gasteiger partial charge in [0.15, 0.2) is 0 Å². The maximum atomic E-state index is 2.35. The molecule has 5 rings (SSSR count). The molecule has 0 aromatic carbocycles. The lowest BCUT2D eigenvalue weighted by Gasteiger charge is -2.58. The molecule has 0 N–H and O–H groups in total. The van der Waals surface area contributed by atoms with Crippen LogP contribution in [0.3, 0.4) is 0 Å². The van der Waals surface area contributed by atoms with Crippen LogP contribution in [0.25, 0.3) is 0 Å². The monoisotopic (exact) mass is 428 g/mol. The second-order valence-electron chi connectivity index (χ2n) is 13.1. The second-order valence-corrected chi connectivity index (χ2v) is 13.1. The van der Waals surface area contributed by atoms with E-state index < -0.39 is 0 Å². The summed E-state index contributed by atoms with van der Waals surface area (Å²) in [6, 6.07) is 0. The fraction of sp³-hybridized carbons (Fsp3) is 1.00. The van der Waals surface area contributed by atoms with Gasteiger partial charge in [-0.3, -0.25) is 0 Å². The minimum absolute atomic E-state index is 0.794. The first kappa shape index (κ1) is 24.1. The Balaban J connectivity index is 1.17.